The number of aryl methyl sites for hydroxylation is 1. The molecule has 1 fully saturated rings. The van der Waals surface area contributed by atoms with Crippen molar-refractivity contribution in [3.05, 3.63) is 0 Å². The molecular formula is C10H14N6OS. The van der Waals surface area contributed by atoms with E-state index in [0.29, 0.717) is 5.16 Å². The maximum absolute atomic E-state index is 11.8. The maximum Gasteiger partial charge on any atom is 0.231 e. The molecular weight excluding hydrogens is 252 g/mol. The summed E-state index contributed by atoms with van der Waals surface area (Å²) in [4.78, 5) is 11.8. The third kappa shape index (κ3) is 2.79. The van der Waals surface area contributed by atoms with Gasteiger partial charge in [-0.25, -0.2) is 4.68 Å². The molecule has 0 spiro atoms. The number of hydrogen-bond donors (Lipinski definition) is 1. The summed E-state index contributed by atoms with van der Waals surface area (Å²) in [5.74, 6) is 0.0731. The van der Waals surface area contributed by atoms with Gasteiger partial charge in [0.05, 0.1) is 11.8 Å². The van der Waals surface area contributed by atoms with E-state index in [9.17, 15) is 4.79 Å². The number of nitrogens with one attached hydrogen (secondary N) is 1. The van der Waals surface area contributed by atoms with E-state index >= 15 is 0 Å². The van der Waals surface area contributed by atoms with Gasteiger partial charge in [-0.1, -0.05) is 11.8 Å². The van der Waals surface area contributed by atoms with Crippen LogP contribution in [0.15, 0.2) is 5.16 Å². The summed E-state index contributed by atoms with van der Waals surface area (Å²) >= 11 is 1.26. The van der Waals surface area contributed by atoms with Gasteiger partial charge in [0.25, 0.3) is 0 Å². The summed E-state index contributed by atoms with van der Waals surface area (Å²) in [5, 5.41) is 23.5. The summed E-state index contributed by atoms with van der Waals surface area (Å²) in [6, 6.07) is 2.23. The fraction of sp³-hybridized carbons (Fsp3) is 0.700. The number of hydrogen-bond acceptors (Lipinski definition) is 6. The molecule has 1 N–H and O–H groups in total. The van der Waals surface area contributed by atoms with Gasteiger partial charge in [-0.3, -0.25) is 4.79 Å². The highest BCUT2D eigenvalue weighted by Gasteiger charge is 2.35. The third-order valence-electron chi connectivity index (χ3n) is 2.96. The Bertz CT molecular complexity index is 473. The number of tetrazole rings is 1. The lowest BCUT2D eigenvalue weighted by atomic mass is 10.0. The van der Waals surface area contributed by atoms with Gasteiger partial charge >= 0.3 is 0 Å². The smallest absolute Gasteiger partial charge is 0.231 e. The molecule has 8 heteroatoms. The molecule has 1 saturated carbocycles. The van der Waals surface area contributed by atoms with Crippen LogP contribution in [0.3, 0.4) is 0 Å². The average molecular weight is 266 g/mol. The van der Waals surface area contributed by atoms with Crippen molar-refractivity contribution in [3.63, 3.8) is 0 Å². The molecule has 0 atom stereocenters. The molecule has 18 heavy (non-hydrogen) atoms. The number of carbonyl (C=O) groups is 1. The number of nitriles is 1. The number of thioether (sulfide) groups is 1. The van der Waals surface area contributed by atoms with Gasteiger partial charge < -0.3 is 5.32 Å². The van der Waals surface area contributed by atoms with E-state index in [1.165, 1.54) is 16.4 Å². The molecule has 1 heterocycles. The molecule has 1 aliphatic rings. The van der Waals surface area contributed by atoms with Crippen LogP contribution in [0.5, 0.6) is 0 Å². The zero-order valence-corrected chi connectivity index (χ0v) is 10.9. The Kier molecular flexibility index (Phi) is 3.81. The molecule has 0 bridgehead atoms. The lowest BCUT2D eigenvalue weighted by molar-refractivity contribution is -0.119. The molecule has 2 rings (SSSR count). The molecule has 0 unspecified atom stereocenters. The summed E-state index contributed by atoms with van der Waals surface area (Å²) in [7, 11) is 1.72. The normalized spacial score (nSPS) is 17.3. The van der Waals surface area contributed by atoms with Crippen molar-refractivity contribution < 1.29 is 4.79 Å². The van der Waals surface area contributed by atoms with Crippen molar-refractivity contribution in [2.24, 2.45) is 7.05 Å². The van der Waals surface area contributed by atoms with E-state index in [4.69, 9.17) is 5.26 Å². The average Bonchev–Trinajstić information content (AvgIpc) is 2.97. The van der Waals surface area contributed by atoms with Crippen LogP contribution in [0.1, 0.15) is 25.7 Å². The molecule has 1 aliphatic carbocycles. The lowest BCUT2D eigenvalue weighted by Gasteiger charge is -2.21. The van der Waals surface area contributed by atoms with E-state index in [1.807, 2.05) is 0 Å². The van der Waals surface area contributed by atoms with Crippen molar-refractivity contribution in [2.75, 3.05) is 5.75 Å². The quantitative estimate of drug-likeness (QED) is 0.785. The summed E-state index contributed by atoms with van der Waals surface area (Å²) < 4.78 is 1.51. The van der Waals surface area contributed by atoms with Gasteiger partial charge in [-0.05, 0) is 36.1 Å². The molecule has 0 saturated heterocycles. The zero-order chi connectivity index (χ0) is 13.0. The van der Waals surface area contributed by atoms with Crippen molar-refractivity contribution in [2.45, 2.75) is 36.4 Å². The standard InChI is InChI=1S/C10H14N6OS/c1-16-9(13-14-15-16)18-6-8(17)12-10(7-11)4-2-3-5-10/h2-6H2,1H3,(H,12,17). The lowest BCUT2D eigenvalue weighted by Crippen LogP contribution is -2.45. The topological polar surface area (TPSA) is 96.5 Å². The van der Waals surface area contributed by atoms with Gasteiger partial charge in [-0.2, -0.15) is 5.26 Å². The second-order valence-electron chi connectivity index (χ2n) is 4.32. The van der Waals surface area contributed by atoms with Crippen molar-refractivity contribution in [1.82, 2.24) is 25.5 Å². The van der Waals surface area contributed by atoms with Crippen LogP contribution in [0.4, 0.5) is 0 Å². The van der Waals surface area contributed by atoms with Crippen LogP contribution in [0, 0.1) is 11.3 Å². The maximum atomic E-state index is 11.8. The zero-order valence-electron chi connectivity index (χ0n) is 10.1. The van der Waals surface area contributed by atoms with Crippen LogP contribution >= 0.6 is 11.8 Å². The highest BCUT2D eigenvalue weighted by molar-refractivity contribution is 7.99. The number of carbonyl (C=O) groups excluding carboxylic acids is 1. The summed E-state index contributed by atoms with van der Waals surface area (Å²) in [5.41, 5.74) is -0.657. The Morgan fingerprint density at radius 1 is 1.61 bits per heavy atom. The van der Waals surface area contributed by atoms with Crippen molar-refractivity contribution >= 4 is 17.7 Å². The minimum absolute atomic E-state index is 0.147. The van der Waals surface area contributed by atoms with Gasteiger partial charge in [0.2, 0.25) is 11.1 Å². The first kappa shape index (κ1) is 12.8. The summed E-state index contributed by atoms with van der Waals surface area (Å²) in [6.07, 6.45) is 3.47. The Morgan fingerprint density at radius 2 is 2.33 bits per heavy atom. The van der Waals surface area contributed by atoms with Crippen LogP contribution in [-0.2, 0) is 11.8 Å². The van der Waals surface area contributed by atoms with E-state index in [0.717, 1.165) is 25.7 Å². The monoisotopic (exact) mass is 266 g/mol. The van der Waals surface area contributed by atoms with E-state index in [1.54, 1.807) is 7.05 Å². The van der Waals surface area contributed by atoms with Crippen LogP contribution in [-0.4, -0.2) is 37.4 Å². The minimum atomic E-state index is -0.657. The molecule has 0 aliphatic heterocycles. The highest BCUT2D eigenvalue weighted by Crippen LogP contribution is 2.29. The molecule has 7 nitrogen and oxygen atoms in total. The number of rotatable bonds is 4. The van der Waals surface area contributed by atoms with Gasteiger partial charge in [0.1, 0.15) is 5.54 Å². The van der Waals surface area contributed by atoms with Gasteiger partial charge in [0.15, 0.2) is 0 Å². The fourth-order valence-corrected chi connectivity index (χ4v) is 2.67. The SMILES string of the molecule is Cn1nnnc1SCC(=O)NC1(C#N)CCCC1. The molecule has 96 valence electrons. The van der Waals surface area contributed by atoms with Crippen molar-refractivity contribution in [1.29, 1.82) is 5.26 Å². The van der Waals surface area contributed by atoms with E-state index < -0.39 is 5.54 Å². The first-order valence-electron chi connectivity index (χ1n) is 5.73. The summed E-state index contributed by atoms with van der Waals surface area (Å²) in [6.45, 7) is 0. The van der Waals surface area contributed by atoms with E-state index in [-0.39, 0.29) is 11.7 Å². The fourth-order valence-electron chi connectivity index (χ4n) is 2.02. The predicted molar refractivity (Wildman–Crippen MR) is 64.5 cm³/mol. The number of aromatic nitrogens is 4. The van der Waals surface area contributed by atoms with E-state index in [2.05, 4.69) is 26.9 Å². The number of nitrogens with zero attached hydrogens (tertiary/aromatic N) is 5. The molecule has 0 radical (unpaired) electrons. The first-order valence-corrected chi connectivity index (χ1v) is 6.71. The third-order valence-corrected chi connectivity index (χ3v) is 3.97. The Balaban J connectivity index is 1.86. The second-order valence-corrected chi connectivity index (χ2v) is 5.27. The molecule has 1 aromatic rings. The van der Waals surface area contributed by atoms with Crippen LogP contribution in [0.25, 0.3) is 0 Å². The molecule has 1 aromatic heterocycles. The minimum Gasteiger partial charge on any atom is -0.337 e. The Labute approximate surface area is 109 Å². The largest absolute Gasteiger partial charge is 0.337 e. The van der Waals surface area contributed by atoms with Crippen LogP contribution in [0.2, 0.25) is 0 Å². The first-order chi connectivity index (χ1) is 8.65. The molecule has 1 amide bonds. The Hall–Kier alpha value is -1.62. The number of amides is 1. The Morgan fingerprint density at radius 3 is 2.89 bits per heavy atom. The molecule has 0 aromatic carbocycles. The highest BCUT2D eigenvalue weighted by atomic mass is 32.2. The van der Waals surface area contributed by atoms with Crippen LogP contribution < -0.4 is 5.32 Å². The second kappa shape index (κ2) is 5.35. The van der Waals surface area contributed by atoms with Gasteiger partial charge in [0, 0.05) is 7.05 Å². The van der Waals surface area contributed by atoms with Crippen molar-refractivity contribution in [3.8, 4) is 6.07 Å². The van der Waals surface area contributed by atoms with Gasteiger partial charge in [-0.15, -0.1) is 5.10 Å². The predicted octanol–water partition coefficient (Wildman–Crippen LogP) is 0.255.